The van der Waals surface area contributed by atoms with E-state index in [4.69, 9.17) is 21.1 Å². The molecule has 0 aliphatic heterocycles. The average Bonchev–Trinajstić information content (AvgIpc) is 2.30. The zero-order valence-electron chi connectivity index (χ0n) is 10.4. The van der Waals surface area contributed by atoms with Crippen LogP contribution in [0.1, 0.15) is 17.3 Å². The third-order valence-electron chi connectivity index (χ3n) is 2.12. The molecule has 1 rings (SSSR count). The van der Waals surface area contributed by atoms with Gasteiger partial charge in [-0.25, -0.2) is 0 Å². The number of hydrogen-bond donors (Lipinski definition) is 0. The van der Waals surface area contributed by atoms with E-state index in [2.05, 4.69) is 4.74 Å². The fourth-order valence-corrected chi connectivity index (χ4v) is 1.52. The summed E-state index contributed by atoms with van der Waals surface area (Å²) < 4.78 is 39.1. The van der Waals surface area contributed by atoms with E-state index in [0.717, 1.165) is 0 Å². The fraction of sp³-hybridized carbons (Fsp3) is 0.417. The molecule has 0 aromatic heterocycles. The molecule has 1 aromatic carbocycles. The minimum Gasteiger partial charge on any atom is -0.484 e. The van der Waals surface area contributed by atoms with Crippen molar-refractivity contribution in [2.45, 2.75) is 19.6 Å². The van der Waals surface area contributed by atoms with Gasteiger partial charge < -0.3 is 14.2 Å². The zero-order chi connectivity index (χ0) is 14.4. The van der Waals surface area contributed by atoms with Gasteiger partial charge in [-0.1, -0.05) is 0 Å². The van der Waals surface area contributed by atoms with Gasteiger partial charge in [-0.3, -0.25) is 4.79 Å². The van der Waals surface area contributed by atoms with E-state index in [9.17, 15) is 13.6 Å². The van der Waals surface area contributed by atoms with Gasteiger partial charge in [0.1, 0.15) is 6.10 Å². The number of methoxy groups -OCH3 is 1. The van der Waals surface area contributed by atoms with Crippen molar-refractivity contribution in [3.05, 3.63) is 23.8 Å². The van der Waals surface area contributed by atoms with Crippen LogP contribution in [0.5, 0.6) is 11.5 Å². The molecule has 7 heteroatoms. The smallest absolute Gasteiger partial charge is 0.387 e. The molecule has 0 fully saturated rings. The summed E-state index contributed by atoms with van der Waals surface area (Å²) >= 11 is 5.32. The second-order valence-electron chi connectivity index (χ2n) is 3.70. The molecule has 0 heterocycles. The monoisotopic (exact) mass is 294 g/mol. The summed E-state index contributed by atoms with van der Waals surface area (Å²) in [6, 6.07) is 3.73. The molecule has 1 aromatic rings. The van der Waals surface area contributed by atoms with Crippen LogP contribution >= 0.6 is 11.6 Å². The Morgan fingerprint density at radius 3 is 2.53 bits per heavy atom. The molecule has 0 spiro atoms. The second-order valence-corrected chi connectivity index (χ2v) is 4.04. The molecule has 1 atom stereocenters. The van der Waals surface area contributed by atoms with Gasteiger partial charge in [0.15, 0.2) is 11.5 Å². The third kappa shape index (κ3) is 5.00. The van der Waals surface area contributed by atoms with E-state index in [1.54, 1.807) is 6.92 Å². The Hall–Kier alpha value is -1.40. The van der Waals surface area contributed by atoms with Crippen molar-refractivity contribution in [3.63, 3.8) is 0 Å². The van der Waals surface area contributed by atoms with Gasteiger partial charge in [0.05, 0.1) is 6.61 Å². The molecule has 4 nitrogen and oxygen atoms in total. The first-order valence-electron chi connectivity index (χ1n) is 5.38. The lowest BCUT2D eigenvalue weighted by Crippen LogP contribution is -2.19. The summed E-state index contributed by atoms with van der Waals surface area (Å²) in [6.07, 6.45) is -0.397. The van der Waals surface area contributed by atoms with E-state index in [1.807, 2.05) is 0 Å². The normalized spacial score (nSPS) is 12.3. The molecule has 0 aliphatic carbocycles. The Morgan fingerprint density at radius 1 is 1.32 bits per heavy atom. The van der Waals surface area contributed by atoms with Gasteiger partial charge in [0.25, 0.3) is 5.24 Å². The second kappa shape index (κ2) is 7.25. The minimum absolute atomic E-state index is 0.0105. The van der Waals surface area contributed by atoms with Crippen LogP contribution in [0.2, 0.25) is 0 Å². The fourth-order valence-electron chi connectivity index (χ4n) is 1.40. The predicted octanol–water partition coefficient (Wildman–Crippen LogP) is 3.08. The van der Waals surface area contributed by atoms with E-state index < -0.39 is 18.0 Å². The molecule has 0 saturated heterocycles. The van der Waals surface area contributed by atoms with Gasteiger partial charge in [-0.15, -0.1) is 0 Å². The molecule has 19 heavy (non-hydrogen) atoms. The summed E-state index contributed by atoms with van der Waals surface area (Å²) in [6.45, 7) is -1.05. The Morgan fingerprint density at radius 2 is 2.00 bits per heavy atom. The zero-order valence-corrected chi connectivity index (χ0v) is 11.1. The highest BCUT2D eigenvalue weighted by atomic mass is 35.5. The van der Waals surface area contributed by atoms with Gasteiger partial charge in [-0.2, -0.15) is 8.78 Å². The topological polar surface area (TPSA) is 44.8 Å². The first kappa shape index (κ1) is 15.7. The SMILES string of the molecule is COCC(C)Oc1cc(C(=O)Cl)ccc1OC(F)F. The van der Waals surface area contributed by atoms with Gasteiger partial charge in [0.2, 0.25) is 0 Å². The highest BCUT2D eigenvalue weighted by Crippen LogP contribution is 2.31. The number of alkyl halides is 2. The lowest BCUT2D eigenvalue weighted by Gasteiger charge is -2.17. The number of rotatable bonds is 7. The van der Waals surface area contributed by atoms with Crippen LogP contribution in [0, 0.1) is 0 Å². The summed E-state index contributed by atoms with van der Waals surface area (Å²) in [5, 5.41) is -0.715. The predicted molar refractivity (Wildman–Crippen MR) is 65.2 cm³/mol. The molecule has 106 valence electrons. The van der Waals surface area contributed by atoms with Crippen LogP contribution in [-0.2, 0) is 4.74 Å². The maximum absolute atomic E-state index is 12.2. The van der Waals surface area contributed by atoms with Crippen molar-refractivity contribution in [2.75, 3.05) is 13.7 Å². The van der Waals surface area contributed by atoms with E-state index in [1.165, 1.54) is 25.3 Å². The number of ether oxygens (including phenoxy) is 3. The Bertz CT molecular complexity index is 440. The highest BCUT2D eigenvalue weighted by Gasteiger charge is 2.16. The summed E-state index contributed by atoms with van der Waals surface area (Å²) in [7, 11) is 1.48. The van der Waals surface area contributed by atoms with E-state index in [-0.39, 0.29) is 23.7 Å². The molecule has 0 saturated carbocycles. The first-order chi connectivity index (χ1) is 8.93. The third-order valence-corrected chi connectivity index (χ3v) is 2.33. The number of hydrogen-bond acceptors (Lipinski definition) is 4. The van der Waals surface area contributed by atoms with Crippen molar-refractivity contribution < 1.29 is 27.8 Å². The number of halogens is 3. The van der Waals surface area contributed by atoms with Crippen LogP contribution in [0.3, 0.4) is 0 Å². The number of carbonyl (C=O) groups is 1. The maximum Gasteiger partial charge on any atom is 0.387 e. The highest BCUT2D eigenvalue weighted by molar-refractivity contribution is 6.67. The lowest BCUT2D eigenvalue weighted by atomic mass is 10.2. The van der Waals surface area contributed by atoms with Gasteiger partial charge >= 0.3 is 6.61 Å². The quantitative estimate of drug-likeness (QED) is 0.725. The van der Waals surface area contributed by atoms with Gasteiger partial charge in [0, 0.05) is 12.7 Å². The van der Waals surface area contributed by atoms with Crippen molar-refractivity contribution in [2.24, 2.45) is 0 Å². The Balaban J connectivity index is 2.99. The van der Waals surface area contributed by atoms with Crippen molar-refractivity contribution in [1.29, 1.82) is 0 Å². The first-order valence-corrected chi connectivity index (χ1v) is 5.76. The van der Waals surface area contributed by atoms with E-state index >= 15 is 0 Å². The Labute approximate surface area is 114 Å². The maximum atomic E-state index is 12.2. The van der Waals surface area contributed by atoms with Crippen LogP contribution in [0.25, 0.3) is 0 Å². The van der Waals surface area contributed by atoms with Crippen molar-refractivity contribution >= 4 is 16.8 Å². The molecule has 1 unspecified atom stereocenters. The standard InChI is InChI=1S/C12H13ClF2O4/c1-7(6-17-2)18-10-5-8(11(13)16)3-4-9(10)19-12(14)15/h3-5,7,12H,6H2,1-2H3. The van der Waals surface area contributed by atoms with Crippen LogP contribution in [0.4, 0.5) is 8.78 Å². The summed E-state index contributed by atoms with van der Waals surface area (Å²) in [5.41, 5.74) is 0.128. The van der Waals surface area contributed by atoms with Crippen LogP contribution in [-0.4, -0.2) is 31.7 Å². The van der Waals surface area contributed by atoms with Crippen LogP contribution in [0.15, 0.2) is 18.2 Å². The average molecular weight is 295 g/mol. The molecule has 0 N–H and O–H groups in total. The summed E-state index contributed by atoms with van der Waals surface area (Å²) in [5.74, 6) is -0.157. The summed E-state index contributed by atoms with van der Waals surface area (Å²) in [4.78, 5) is 11.0. The van der Waals surface area contributed by atoms with Crippen molar-refractivity contribution in [3.8, 4) is 11.5 Å². The molecule has 0 amide bonds. The number of benzene rings is 1. The van der Waals surface area contributed by atoms with E-state index in [0.29, 0.717) is 0 Å². The van der Waals surface area contributed by atoms with Crippen LogP contribution < -0.4 is 9.47 Å². The molecule has 0 radical (unpaired) electrons. The lowest BCUT2D eigenvalue weighted by molar-refractivity contribution is -0.0524. The number of carbonyl (C=O) groups excluding carboxylic acids is 1. The minimum atomic E-state index is -2.99. The van der Waals surface area contributed by atoms with Crippen molar-refractivity contribution in [1.82, 2.24) is 0 Å². The van der Waals surface area contributed by atoms with Gasteiger partial charge in [-0.05, 0) is 36.7 Å². The molecule has 0 aliphatic rings. The Kier molecular flexibility index (Phi) is 5.98. The molecule has 0 bridgehead atoms. The molecular weight excluding hydrogens is 282 g/mol. The molecular formula is C12H13ClF2O4. The largest absolute Gasteiger partial charge is 0.484 e.